The van der Waals surface area contributed by atoms with Gasteiger partial charge in [-0.2, -0.15) is 0 Å². The van der Waals surface area contributed by atoms with Crippen LogP contribution >= 0.6 is 11.6 Å². The lowest BCUT2D eigenvalue weighted by molar-refractivity contribution is 0.560. The van der Waals surface area contributed by atoms with Crippen LogP contribution in [0.3, 0.4) is 0 Å². The number of benzene rings is 1. The molecule has 0 bridgehead atoms. The Morgan fingerprint density at radius 1 is 1.26 bits per heavy atom. The molecule has 1 rings (SSSR count). The Kier molecular flexibility index (Phi) is 6.67. The SMILES string of the molecule is CCC(C)CN(C)c1ccc(CNC(C)C)cc1Cl. The summed E-state index contributed by atoms with van der Waals surface area (Å²) in [6, 6.07) is 6.84. The van der Waals surface area contributed by atoms with Crippen LogP contribution in [0.2, 0.25) is 5.02 Å². The first-order chi connectivity index (χ1) is 8.93. The van der Waals surface area contributed by atoms with Crippen LogP contribution < -0.4 is 10.2 Å². The molecule has 0 saturated carbocycles. The highest BCUT2D eigenvalue weighted by Gasteiger charge is 2.09. The largest absolute Gasteiger partial charge is 0.373 e. The van der Waals surface area contributed by atoms with Crippen molar-refractivity contribution in [2.45, 2.75) is 46.7 Å². The highest BCUT2D eigenvalue weighted by molar-refractivity contribution is 6.33. The van der Waals surface area contributed by atoms with E-state index in [-0.39, 0.29) is 0 Å². The van der Waals surface area contributed by atoms with E-state index in [1.807, 2.05) is 0 Å². The third-order valence-electron chi connectivity index (χ3n) is 3.42. The van der Waals surface area contributed by atoms with Crippen LogP contribution in [0.5, 0.6) is 0 Å². The van der Waals surface area contributed by atoms with Gasteiger partial charge in [-0.15, -0.1) is 0 Å². The Bertz CT molecular complexity index is 390. The average molecular weight is 283 g/mol. The van der Waals surface area contributed by atoms with Gasteiger partial charge in [0.2, 0.25) is 0 Å². The topological polar surface area (TPSA) is 15.3 Å². The zero-order valence-electron chi connectivity index (χ0n) is 12.8. The van der Waals surface area contributed by atoms with Crippen molar-refractivity contribution in [3.63, 3.8) is 0 Å². The number of anilines is 1. The Balaban J connectivity index is 2.71. The quantitative estimate of drug-likeness (QED) is 0.801. The van der Waals surface area contributed by atoms with Crippen LogP contribution in [0.4, 0.5) is 5.69 Å². The Labute approximate surface area is 123 Å². The maximum Gasteiger partial charge on any atom is 0.0642 e. The number of halogens is 1. The van der Waals surface area contributed by atoms with Gasteiger partial charge in [-0.1, -0.05) is 51.8 Å². The van der Waals surface area contributed by atoms with Crippen molar-refractivity contribution in [2.24, 2.45) is 5.92 Å². The number of hydrogen-bond acceptors (Lipinski definition) is 2. The predicted octanol–water partition coefficient (Wildman–Crippen LogP) is 4.32. The monoisotopic (exact) mass is 282 g/mol. The Hall–Kier alpha value is -0.730. The minimum Gasteiger partial charge on any atom is -0.373 e. The second-order valence-corrected chi connectivity index (χ2v) is 6.12. The fraction of sp³-hybridized carbons (Fsp3) is 0.625. The Morgan fingerprint density at radius 2 is 1.95 bits per heavy atom. The lowest BCUT2D eigenvalue weighted by atomic mass is 10.1. The average Bonchev–Trinajstić information content (AvgIpc) is 2.35. The van der Waals surface area contributed by atoms with Gasteiger partial charge in [-0.25, -0.2) is 0 Å². The maximum absolute atomic E-state index is 6.40. The van der Waals surface area contributed by atoms with E-state index < -0.39 is 0 Å². The third kappa shape index (κ3) is 5.42. The van der Waals surface area contributed by atoms with E-state index in [0.29, 0.717) is 12.0 Å². The van der Waals surface area contributed by atoms with Gasteiger partial charge < -0.3 is 10.2 Å². The summed E-state index contributed by atoms with van der Waals surface area (Å²) in [6.45, 7) is 10.7. The van der Waals surface area contributed by atoms with Gasteiger partial charge in [0, 0.05) is 26.2 Å². The zero-order valence-corrected chi connectivity index (χ0v) is 13.6. The van der Waals surface area contributed by atoms with E-state index >= 15 is 0 Å². The van der Waals surface area contributed by atoms with Crippen molar-refractivity contribution in [3.05, 3.63) is 28.8 Å². The van der Waals surface area contributed by atoms with Crippen molar-refractivity contribution in [3.8, 4) is 0 Å². The van der Waals surface area contributed by atoms with Crippen molar-refractivity contribution >= 4 is 17.3 Å². The first kappa shape index (κ1) is 16.3. The summed E-state index contributed by atoms with van der Waals surface area (Å²) in [7, 11) is 2.11. The van der Waals surface area contributed by atoms with Crippen LogP contribution in [0, 0.1) is 5.92 Å². The van der Waals surface area contributed by atoms with E-state index in [1.165, 1.54) is 12.0 Å². The molecule has 1 atom stereocenters. The van der Waals surface area contributed by atoms with Crippen molar-refractivity contribution in [1.82, 2.24) is 5.32 Å². The first-order valence-corrected chi connectivity index (χ1v) is 7.54. The summed E-state index contributed by atoms with van der Waals surface area (Å²) in [5.74, 6) is 0.684. The zero-order chi connectivity index (χ0) is 14.4. The summed E-state index contributed by atoms with van der Waals surface area (Å²) < 4.78 is 0. The van der Waals surface area contributed by atoms with E-state index in [4.69, 9.17) is 11.6 Å². The van der Waals surface area contributed by atoms with Crippen LogP contribution in [0.15, 0.2) is 18.2 Å². The van der Waals surface area contributed by atoms with Gasteiger partial charge in [0.15, 0.2) is 0 Å². The lowest BCUT2D eigenvalue weighted by Gasteiger charge is -2.24. The summed E-state index contributed by atoms with van der Waals surface area (Å²) >= 11 is 6.40. The maximum atomic E-state index is 6.40. The molecule has 0 amide bonds. The molecule has 0 aliphatic heterocycles. The molecule has 1 unspecified atom stereocenters. The van der Waals surface area contributed by atoms with Crippen LogP contribution in [0.25, 0.3) is 0 Å². The standard InChI is InChI=1S/C16H27ClN2/c1-6-13(4)11-19(5)16-8-7-14(9-15(16)17)10-18-12(2)3/h7-9,12-13,18H,6,10-11H2,1-5H3. The smallest absolute Gasteiger partial charge is 0.0642 e. The van der Waals surface area contributed by atoms with E-state index in [1.54, 1.807) is 0 Å². The van der Waals surface area contributed by atoms with Gasteiger partial charge in [-0.05, 0) is 23.6 Å². The first-order valence-electron chi connectivity index (χ1n) is 7.17. The van der Waals surface area contributed by atoms with Gasteiger partial charge in [-0.3, -0.25) is 0 Å². The molecule has 1 N–H and O–H groups in total. The molecular weight excluding hydrogens is 256 g/mol. The van der Waals surface area contributed by atoms with Gasteiger partial charge in [0.1, 0.15) is 0 Å². The summed E-state index contributed by atoms with van der Waals surface area (Å²) in [5.41, 5.74) is 2.36. The molecule has 108 valence electrons. The molecule has 0 aliphatic carbocycles. The highest BCUT2D eigenvalue weighted by Crippen LogP contribution is 2.27. The molecule has 0 heterocycles. The van der Waals surface area contributed by atoms with Crippen molar-refractivity contribution < 1.29 is 0 Å². The molecule has 0 radical (unpaired) electrons. The molecule has 1 aromatic carbocycles. The lowest BCUT2D eigenvalue weighted by Crippen LogP contribution is -2.24. The molecule has 0 fully saturated rings. The summed E-state index contributed by atoms with van der Waals surface area (Å²) in [5, 5.41) is 4.25. The molecule has 0 spiro atoms. The van der Waals surface area contributed by atoms with Gasteiger partial charge in [0.25, 0.3) is 0 Å². The molecule has 0 aromatic heterocycles. The fourth-order valence-electron chi connectivity index (χ4n) is 1.99. The minimum absolute atomic E-state index is 0.492. The van der Waals surface area contributed by atoms with Crippen molar-refractivity contribution in [1.29, 1.82) is 0 Å². The molecule has 3 heteroatoms. The van der Waals surface area contributed by atoms with Gasteiger partial charge >= 0.3 is 0 Å². The third-order valence-corrected chi connectivity index (χ3v) is 3.72. The van der Waals surface area contributed by atoms with E-state index in [0.717, 1.165) is 23.8 Å². The van der Waals surface area contributed by atoms with Crippen molar-refractivity contribution in [2.75, 3.05) is 18.5 Å². The van der Waals surface area contributed by atoms with E-state index in [2.05, 4.69) is 63.2 Å². The predicted molar refractivity (Wildman–Crippen MR) is 86.2 cm³/mol. The second kappa shape index (κ2) is 7.76. The van der Waals surface area contributed by atoms with Gasteiger partial charge in [0.05, 0.1) is 10.7 Å². The fourth-order valence-corrected chi connectivity index (χ4v) is 2.33. The Morgan fingerprint density at radius 3 is 2.47 bits per heavy atom. The number of rotatable bonds is 7. The number of hydrogen-bond donors (Lipinski definition) is 1. The molecule has 1 aromatic rings. The summed E-state index contributed by atoms with van der Waals surface area (Å²) in [4.78, 5) is 2.25. The molecular formula is C16H27ClN2. The van der Waals surface area contributed by atoms with E-state index in [9.17, 15) is 0 Å². The summed E-state index contributed by atoms with van der Waals surface area (Å²) in [6.07, 6.45) is 1.19. The molecule has 19 heavy (non-hydrogen) atoms. The molecule has 0 saturated heterocycles. The number of nitrogens with zero attached hydrogens (tertiary/aromatic N) is 1. The van der Waals surface area contributed by atoms with Crippen LogP contribution in [0.1, 0.15) is 39.7 Å². The number of nitrogens with one attached hydrogen (secondary N) is 1. The van der Waals surface area contributed by atoms with Crippen LogP contribution in [-0.4, -0.2) is 19.6 Å². The minimum atomic E-state index is 0.492. The van der Waals surface area contributed by atoms with Crippen LogP contribution in [-0.2, 0) is 6.54 Å². The molecule has 0 aliphatic rings. The normalized spacial score (nSPS) is 12.8. The highest BCUT2D eigenvalue weighted by atomic mass is 35.5. The molecule has 2 nitrogen and oxygen atoms in total. The second-order valence-electron chi connectivity index (χ2n) is 5.72.